The van der Waals surface area contributed by atoms with E-state index in [1.165, 1.54) is 29.2 Å². The van der Waals surface area contributed by atoms with E-state index >= 15 is 0 Å². The molecule has 0 amide bonds. The molecule has 0 bridgehead atoms. The molecule has 2 nitrogen and oxygen atoms in total. The Morgan fingerprint density at radius 3 is 2.72 bits per heavy atom. The Balaban J connectivity index is 2.00. The van der Waals surface area contributed by atoms with Crippen LogP contribution in [0, 0.1) is 0 Å². The minimum absolute atomic E-state index is 0.233. The van der Waals surface area contributed by atoms with Crippen LogP contribution in [0.4, 0.5) is 0 Å². The lowest BCUT2D eigenvalue weighted by Gasteiger charge is -2.08. The summed E-state index contributed by atoms with van der Waals surface area (Å²) < 4.78 is 5.11. The highest BCUT2D eigenvalue weighted by atomic mass is 16.5. The largest absolute Gasteiger partial charge is 0.461 e. The second kappa shape index (κ2) is 4.30. The monoisotopic (exact) mass is 238 g/mol. The highest BCUT2D eigenvalue weighted by molar-refractivity contribution is 5.77. The average Bonchev–Trinajstić information content (AvgIpc) is 2.75. The van der Waals surface area contributed by atoms with Crippen LogP contribution in [-0.2, 0) is 22.6 Å². The van der Waals surface area contributed by atoms with Gasteiger partial charge >= 0.3 is 5.97 Å². The summed E-state index contributed by atoms with van der Waals surface area (Å²) in [6, 6.07) is 14.6. The van der Waals surface area contributed by atoms with Gasteiger partial charge in [0.25, 0.3) is 0 Å². The third-order valence-corrected chi connectivity index (χ3v) is 3.38. The van der Waals surface area contributed by atoms with Gasteiger partial charge in [0.1, 0.15) is 6.61 Å². The molecule has 2 aromatic rings. The lowest BCUT2D eigenvalue weighted by atomic mass is 10.0. The van der Waals surface area contributed by atoms with Crippen molar-refractivity contribution in [1.82, 2.24) is 0 Å². The van der Waals surface area contributed by atoms with Gasteiger partial charge in [0.2, 0.25) is 0 Å². The zero-order valence-electron chi connectivity index (χ0n) is 10.3. The summed E-state index contributed by atoms with van der Waals surface area (Å²) in [5.74, 6) is -0.233. The number of carbonyl (C=O) groups is 1. The molecule has 0 saturated heterocycles. The molecule has 0 heterocycles. The zero-order chi connectivity index (χ0) is 12.5. The van der Waals surface area contributed by atoms with Gasteiger partial charge in [0, 0.05) is 6.92 Å². The van der Waals surface area contributed by atoms with Crippen LogP contribution in [0.2, 0.25) is 0 Å². The molecule has 0 N–H and O–H groups in total. The van der Waals surface area contributed by atoms with Crippen LogP contribution in [0.1, 0.15) is 23.6 Å². The molecule has 18 heavy (non-hydrogen) atoms. The van der Waals surface area contributed by atoms with Crippen molar-refractivity contribution in [3.63, 3.8) is 0 Å². The second-order valence-electron chi connectivity index (χ2n) is 4.56. The molecular weight excluding hydrogens is 224 g/mol. The Hall–Kier alpha value is -2.09. The number of rotatable bonds is 2. The minimum atomic E-state index is -0.233. The Morgan fingerprint density at radius 1 is 1.11 bits per heavy atom. The number of hydrogen-bond donors (Lipinski definition) is 0. The predicted octanol–water partition coefficient (Wildman–Crippen LogP) is 3.32. The number of benzene rings is 2. The van der Waals surface area contributed by atoms with Crippen molar-refractivity contribution in [1.29, 1.82) is 0 Å². The van der Waals surface area contributed by atoms with E-state index in [1.54, 1.807) is 0 Å². The predicted molar refractivity (Wildman–Crippen MR) is 70.2 cm³/mol. The third-order valence-electron chi connectivity index (χ3n) is 3.38. The number of esters is 1. The fraction of sp³-hybridized carbons (Fsp3) is 0.188. The highest BCUT2D eigenvalue weighted by Gasteiger charge is 2.20. The summed E-state index contributed by atoms with van der Waals surface area (Å²) in [5.41, 5.74) is 6.33. The van der Waals surface area contributed by atoms with Crippen molar-refractivity contribution < 1.29 is 9.53 Å². The Bertz CT molecular complexity index is 614. The second-order valence-corrected chi connectivity index (χ2v) is 4.56. The molecule has 1 aliphatic carbocycles. The van der Waals surface area contributed by atoms with Gasteiger partial charge in [0.15, 0.2) is 0 Å². The SMILES string of the molecule is CC(=O)OCc1cccc2c1Cc1ccccc1-2. The van der Waals surface area contributed by atoms with Crippen LogP contribution in [-0.4, -0.2) is 5.97 Å². The Kier molecular flexibility index (Phi) is 2.63. The molecular formula is C16H14O2. The molecule has 0 saturated carbocycles. The molecule has 0 atom stereocenters. The van der Waals surface area contributed by atoms with Crippen LogP contribution in [0.25, 0.3) is 11.1 Å². The molecule has 0 fully saturated rings. The number of hydrogen-bond acceptors (Lipinski definition) is 2. The topological polar surface area (TPSA) is 26.3 Å². The van der Waals surface area contributed by atoms with E-state index in [1.807, 2.05) is 12.1 Å². The molecule has 0 aromatic heterocycles. The molecule has 0 radical (unpaired) electrons. The molecule has 90 valence electrons. The summed E-state index contributed by atoms with van der Waals surface area (Å²) in [6.45, 7) is 1.81. The van der Waals surface area contributed by atoms with Crippen molar-refractivity contribution in [2.75, 3.05) is 0 Å². The first-order valence-electron chi connectivity index (χ1n) is 6.08. The maximum Gasteiger partial charge on any atom is 0.302 e. The first-order chi connectivity index (χ1) is 8.75. The summed E-state index contributed by atoms with van der Waals surface area (Å²) in [6.07, 6.45) is 0.933. The third kappa shape index (κ3) is 1.80. The van der Waals surface area contributed by atoms with E-state index in [0.29, 0.717) is 6.61 Å². The number of ether oxygens (including phenoxy) is 1. The quantitative estimate of drug-likeness (QED) is 0.640. The van der Waals surface area contributed by atoms with Crippen LogP contribution < -0.4 is 0 Å². The lowest BCUT2D eigenvalue weighted by molar-refractivity contribution is -0.142. The van der Waals surface area contributed by atoms with Crippen molar-refractivity contribution in [2.24, 2.45) is 0 Å². The van der Waals surface area contributed by atoms with E-state index in [0.717, 1.165) is 12.0 Å². The van der Waals surface area contributed by atoms with Gasteiger partial charge in [-0.15, -0.1) is 0 Å². The van der Waals surface area contributed by atoms with E-state index < -0.39 is 0 Å². The fourth-order valence-electron chi connectivity index (χ4n) is 2.54. The van der Waals surface area contributed by atoms with Crippen LogP contribution in [0.15, 0.2) is 42.5 Å². The van der Waals surface area contributed by atoms with E-state index in [2.05, 4.69) is 30.3 Å². The van der Waals surface area contributed by atoms with Gasteiger partial charge < -0.3 is 4.74 Å². The standard InChI is InChI=1S/C16H14O2/c1-11(17)18-10-13-6-4-8-15-14-7-3-2-5-12(14)9-16(13)15/h2-8H,9-10H2,1H3. The van der Waals surface area contributed by atoms with E-state index in [9.17, 15) is 4.79 Å². The normalized spacial score (nSPS) is 11.8. The number of fused-ring (bicyclic) bond motifs is 3. The van der Waals surface area contributed by atoms with Crippen LogP contribution in [0.5, 0.6) is 0 Å². The van der Waals surface area contributed by atoms with Gasteiger partial charge in [-0.1, -0.05) is 42.5 Å². The smallest absolute Gasteiger partial charge is 0.302 e. The minimum Gasteiger partial charge on any atom is -0.461 e. The van der Waals surface area contributed by atoms with Crippen molar-refractivity contribution in [2.45, 2.75) is 20.0 Å². The molecule has 1 aliphatic rings. The molecule has 2 heteroatoms. The maximum absolute atomic E-state index is 10.9. The lowest BCUT2D eigenvalue weighted by Crippen LogP contribution is -2.01. The van der Waals surface area contributed by atoms with Gasteiger partial charge in [0.05, 0.1) is 0 Å². The summed E-state index contributed by atoms with van der Waals surface area (Å²) in [5, 5.41) is 0. The molecule has 2 aromatic carbocycles. The van der Waals surface area contributed by atoms with Crippen molar-refractivity contribution >= 4 is 5.97 Å². The maximum atomic E-state index is 10.9. The number of carbonyl (C=O) groups excluding carboxylic acids is 1. The first kappa shape index (κ1) is 11.0. The van der Waals surface area contributed by atoms with Gasteiger partial charge in [-0.2, -0.15) is 0 Å². The summed E-state index contributed by atoms with van der Waals surface area (Å²) in [4.78, 5) is 10.9. The van der Waals surface area contributed by atoms with E-state index in [-0.39, 0.29) is 5.97 Å². The van der Waals surface area contributed by atoms with Gasteiger partial charge in [-0.25, -0.2) is 0 Å². The average molecular weight is 238 g/mol. The highest BCUT2D eigenvalue weighted by Crippen LogP contribution is 2.38. The molecule has 0 spiro atoms. The fourth-order valence-corrected chi connectivity index (χ4v) is 2.54. The zero-order valence-corrected chi connectivity index (χ0v) is 10.3. The van der Waals surface area contributed by atoms with Crippen LogP contribution >= 0.6 is 0 Å². The first-order valence-corrected chi connectivity index (χ1v) is 6.08. The molecule has 3 rings (SSSR count). The molecule has 0 aliphatic heterocycles. The van der Waals surface area contributed by atoms with Crippen molar-refractivity contribution in [3.8, 4) is 11.1 Å². The van der Waals surface area contributed by atoms with Gasteiger partial charge in [-0.3, -0.25) is 4.79 Å². The van der Waals surface area contributed by atoms with Crippen molar-refractivity contribution in [3.05, 3.63) is 59.2 Å². The summed E-state index contributed by atoms with van der Waals surface area (Å²) in [7, 11) is 0. The Labute approximate surface area is 106 Å². The van der Waals surface area contributed by atoms with E-state index in [4.69, 9.17) is 4.74 Å². The van der Waals surface area contributed by atoms with Crippen LogP contribution in [0.3, 0.4) is 0 Å². The summed E-state index contributed by atoms with van der Waals surface area (Å²) >= 11 is 0. The Morgan fingerprint density at radius 2 is 1.89 bits per heavy atom. The van der Waals surface area contributed by atoms with Gasteiger partial charge in [-0.05, 0) is 34.2 Å². The molecule has 0 unspecified atom stereocenters.